The Morgan fingerprint density at radius 1 is 1.25 bits per heavy atom. The zero-order valence-electron chi connectivity index (χ0n) is 13.9. The first-order valence-corrected chi connectivity index (χ1v) is 8.16. The van der Waals surface area contributed by atoms with Gasteiger partial charge in [-0.2, -0.15) is 0 Å². The van der Waals surface area contributed by atoms with Gasteiger partial charge >= 0.3 is 0 Å². The van der Waals surface area contributed by atoms with Crippen LogP contribution in [-0.2, 0) is 6.54 Å². The van der Waals surface area contributed by atoms with Crippen LogP contribution in [0.2, 0.25) is 5.02 Å². The highest BCUT2D eigenvalue weighted by Gasteiger charge is 2.10. The van der Waals surface area contributed by atoms with Crippen LogP contribution in [0.4, 0.5) is 0 Å². The lowest BCUT2D eigenvalue weighted by Crippen LogP contribution is -2.32. The number of ketones is 1. The molecule has 0 aliphatic carbocycles. The highest BCUT2D eigenvalue weighted by molar-refractivity contribution is 6.30. The van der Waals surface area contributed by atoms with E-state index in [2.05, 4.69) is 0 Å². The summed E-state index contributed by atoms with van der Waals surface area (Å²) in [6, 6.07) is 14.6. The van der Waals surface area contributed by atoms with Gasteiger partial charge in [0.2, 0.25) is 0 Å². The summed E-state index contributed by atoms with van der Waals surface area (Å²) in [6.07, 6.45) is -0.610. The topological polar surface area (TPSA) is 49.8 Å². The Morgan fingerprint density at radius 2 is 1.96 bits per heavy atom. The van der Waals surface area contributed by atoms with Crippen LogP contribution in [-0.4, -0.2) is 42.1 Å². The Bertz CT molecular complexity index is 673. The minimum Gasteiger partial charge on any atom is -0.491 e. The molecule has 0 aromatic heterocycles. The first-order valence-electron chi connectivity index (χ1n) is 7.79. The number of Topliss-reactive ketones (excluding diaryl/α,β-unsaturated/α-hetero) is 1. The summed E-state index contributed by atoms with van der Waals surface area (Å²) in [5.41, 5.74) is 1.74. The van der Waals surface area contributed by atoms with Crippen LogP contribution in [0.1, 0.15) is 22.8 Å². The van der Waals surface area contributed by atoms with Crippen molar-refractivity contribution in [2.75, 3.05) is 20.2 Å². The van der Waals surface area contributed by atoms with Crippen molar-refractivity contribution in [3.8, 4) is 5.75 Å². The summed E-state index contributed by atoms with van der Waals surface area (Å²) in [7, 11) is 1.94. The SMILES string of the molecule is CC(=O)c1ccc(OCC(O)CN(C)Cc2cccc(Cl)c2)cc1. The van der Waals surface area contributed by atoms with E-state index >= 15 is 0 Å². The molecule has 0 radical (unpaired) electrons. The van der Waals surface area contributed by atoms with Gasteiger partial charge in [0, 0.05) is 23.7 Å². The second-order valence-electron chi connectivity index (χ2n) is 5.87. The van der Waals surface area contributed by atoms with Crippen LogP contribution in [0, 0.1) is 0 Å². The minimum absolute atomic E-state index is 0.0178. The molecule has 0 saturated heterocycles. The number of carbonyl (C=O) groups excluding carboxylic acids is 1. The summed E-state index contributed by atoms with van der Waals surface area (Å²) >= 11 is 5.97. The lowest BCUT2D eigenvalue weighted by Gasteiger charge is -2.21. The molecule has 0 aliphatic rings. The monoisotopic (exact) mass is 347 g/mol. The van der Waals surface area contributed by atoms with Gasteiger partial charge in [-0.3, -0.25) is 9.69 Å². The summed E-state index contributed by atoms with van der Waals surface area (Å²) in [5, 5.41) is 10.8. The molecule has 0 bridgehead atoms. The summed E-state index contributed by atoms with van der Waals surface area (Å²) < 4.78 is 5.56. The number of rotatable bonds is 8. The fourth-order valence-electron chi connectivity index (χ4n) is 2.40. The number of hydrogen-bond donors (Lipinski definition) is 1. The van der Waals surface area contributed by atoms with E-state index in [4.69, 9.17) is 16.3 Å². The Morgan fingerprint density at radius 3 is 2.58 bits per heavy atom. The molecule has 1 atom stereocenters. The Kier molecular flexibility index (Phi) is 6.79. The maximum Gasteiger partial charge on any atom is 0.159 e. The van der Waals surface area contributed by atoms with Crippen molar-refractivity contribution in [2.24, 2.45) is 0 Å². The van der Waals surface area contributed by atoms with Crippen LogP contribution in [0.3, 0.4) is 0 Å². The lowest BCUT2D eigenvalue weighted by molar-refractivity contribution is 0.0743. The highest BCUT2D eigenvalue weighted by Crippen LogP contribution is 2.14. The molecule has 5 heteroatoms. The van der Waals surface area contributed by atoms with E-state index < -0.39 is 6.10 Å². The van der Waals surface area contributed by atoms with Gasteiger partial charge in [0.1, 0.15) is 18.5 Å². The molecule has 24 heavy (non-hydrogen) atoms. The summed E-state index contributed by atoms with van der Waals surface area (Å²) in [6.45, 7) is 2.90. The summed E-state index contributed by atoms with van der Waals surface area (Å²) in [4.78, 5) is 13.2. The maximum atomic E-state index is 11.2. The third-order valence-electron chi connectivity index (χ3n) is 3.57. The second-order valence-corrected chi connectivity index (χ2v) is 6.31. The molecule has 1 N–H and O–H groups in total. The molecule has 0 saturated carbocycles. The van der Waals surface area contributed by atoms with Gasteiger partial charge in [-0.15, -0.1) is 0 Å². The molecule has 4 nitrogen and oxygen atoms in total. The number of carbonyl (C=O) groups is 1. The first kappa shape index (κ1) is 18.5. The Labute approximate surface area is 147 Å². The van der Waals surface area contributed by atoms with Crippen LogP contribution < -0.4 is 4.74 Å². The van der Waals surface area contributed by atoms with Crippen LogP contribution >= 0.6 is 11.6 Å². The normalized spacial score (nSPS) is 12.2. The third kappa shape index (κ3) is 5.96. The van der Waals surface area contributed by atoms with E-state index in [1.807, 2.05) is 36.2 Å². The molecule has 2 aromatic rings. The molecule has 1 unspecified atom stereocenters. The molecule has 0 fully saturated rings. The zero-order valence-corrected chi connectivity index (χ0v) is 14.7. The van der Waals surface area contributed by atoms with Crippen LogP contribution in [0.15, 0.2) is 48.5 Å². The van der Waals surface area contributed by atoms with Crippen molar-refractivity contribution >= 4 is 17.4 Å². The molecular formula is C19H22ClNO3. The highest BCUT2D eigenvalue weighted by atomic mass is 35.5. The van der Waals surface area contributed by atoms with Crippen LogP contribution in [0.25, 0.3) is 0 Å². The number of aliphatic hydroxyl groups excluding tert-OH is 1. The van der Waals surface area contributed by atoms with E-state index in [1.165, 1.54) is 6.92 Å². The van der Waals surface area contributed by atoms with Gasteiger partial charge in [-0.1, -0.05) is 23.7 Å². The van der Waals surface area contributed by atoms with Crippen LogP contribution in [0.5, 0.6) is 5.75 Å². The molecule has 2 aromatic carbocycles. The number of benzene rings is 2. The number of aliphatic hydroxyl groups is 1. The quantitative estimate of drug-likeness (QED) is 0.743. The number of hydrogen-bond acceptors (Lipinski definition) is 4. The van der Waals surface area contributed by atoms with Gasteiger partial charge in [0.25, 0.3) is 0 Å². The molecular weight excluding hydrogens is 326 g/mol. The summed E-state index contributed by atoms with van der Waals surface area (Å²) in [5.74, 6) is 0.653. The van der Waals surface area contributed by atoms with Gasteiger partial charge in [0.05, 0.1) is 0 Å². The predicted octanol–water partition coefficient (Wildman–Crippen LogP) is 3.41. The predicted molar refractivity (Wildman–Crippen MR) is 95.7 cm³/mol. The van der Waals surface area contributed by atoms with E-state index in [-0.39, 0.29) is 12.4 Å². The zero-order chi connectivity index (χ0) is 17.5. The number of nitrogens with zero attached hydrogens (tertiary/aromatic N) is 1. The fourth-order valence-corrected chi connectivity index (χ4v) is 2.62. The van der Waals surface area contributed by atoms with Gasteiger partial charge in [-0.25, -0.2) is 0 Å². The average Bonchev–Trinajstić information content (AvgIpc) is 2.53. The van der Waals surface area contributed by atoms with E-state index in [1.54, 1.807) is 24.3 Å². The number of halogens is 1. The minimum atomic E-state index is -0.610. The Balaban J connectivity index is 1.77. The molecule has 0 amide bonds. The van der Waals surface area contributed by atoms with E-state index in [0.717, 1.165) is 5.56 Å². The molecule has 0 aliphatic heterocycles. The maximum absolute atomic E-state index is 11.2. The molecule has 2 rings (SSSR count). The standard InChI is InChI=1S/C19H22ClNO3/c1-14(22)16-6-8-19(9-7-16)24-13-18(23)12-21(2)11-15-4-3-5-17(20)10-15/h3-10,18,23H,11-13H2,1-2H3. The van der Waals surface area contributed by atoms with E-state index in [0.29, 0.717) is 29.4 Å². The van der Waals surface area contributed by atoms with Gasteiger partial charge < -0.3 is 9.84 Å². The van der Waals surface area contributed by atoms with Crippen molar-refractivity contribution in [1.82, 2.24) is 4.90 Å². The third-order valence-corrected chi connectivity index (χ3v) is 3.80. The van der Waals surface area contributed by atoms with Gasteiger partial charge in [0.15, 0.2) is 5.78 Å². The number of ether oxygens (including phenoxy) is 1. The van der Waals surface area contributed by atoms with Crippen molar-refractivity contribution in [3.63, 3.8) is 0 Å². The van der Waals surface area contributed by atoms with Gasteiger partial charge in [-0.05, 0) is 55.9 Å². The lowest BCUT2D eigenvalue weighted by atomic mass is 10.1. The van der Waals surface area contributed by atoms with Crippen molar-refractivity contribution in [2.45, 2.75) is 19.6 Å². The second kappa shape index (κ2) is 8.83. The smallest absolute Gasteiger partial charge is 0.159 e. The molecule has 0 heterocycles. The number of likely N-dealkylation sites (N-methyl/N-ethyl adjacent to an activating group) is 1. The van der Waals surface area contributed by atoms with Crippen molar-refractivity contribution < 1.29 is 14.6 Å². The largest absolute Gasteiger partial charge is 0.491 e. The van der Waals surface area contributed by atoms with Crippen molar-refractivity contribution in [3.05, 3.63) is 64.7 Å². The Hall–Kier alpha value is -1.88. The molecule has 0 spiro atoms. The molecule has 128 valence electrons. The average molecular weight is 348 g/mol. The first-order chi connectivity index (χ1) is 11.4. The fraction of sp³-hybridized carbons (Fsp3) is 0.316. The van der Waals surface area contributed by atoms with E-state index in [9.17, 15) is 9.90 Å². The van der Waals surface area contributed by atoms with Crippen molar-refractivity contribution in [1.29, 1.82) is 0 Å².